The first-order chi connectivity index (χ1) is 7.56. The average Bonchev–Trinajstić information content (AvgIpc) is 2.20. The van der Waals surface area contributed by atoms with Crippen LogP contribution in [0.15, 0.2) is 18.2 Å². The molecule has 0 radical (unpaired) electrons. The van der Waals surface area contributed by atoms with Gasteiger partial charge in [-0.3, -0.25) is 4.90 Å². The van der Waals surface area contributed by atoms with Crippen LogP contribution in [0.5, 0.6) is 0 Å². The van der Waals surface area contributed by atoms with Gasteiger partial charge in [-0.05, 0) is 56.6 Å². The summed E-state index contributed by atoms with van der Waals surface area (Å²) in [5.74, 6) is 0. The number of benzene rings is 1. The molecule has 3 heteroatoms. The van der Waals surface area contributed by atoms with Crippen molar-refractivity contribution in [1.82, 2.24) is 4.90 Å². The second kappa shape index (κ2) is 4.74. The third-order valence-electron chi connectivity index (χ3n) is 3.36. The lowest BCUT2D eigenvalue weighted by molar-refractivity contribution is 0.171. The third-order valence-corrected chi connectivity index (χ3v) is 3.58. The van der Waals surface area contributed by atoms with E-state index in [4.69, 9.17) is 17.3 Å². The maximum absolute atomic E-state index is 6.10. The van der Waals surface area contributed by atoms with E-state index in [0.717, 1.165) is 24.4 Å². The van der Waals surface area contributed by atoms with Gasteiger partial charge in [0.15, 0.2) is 0 Å². The summed E-state index contributed by atoms with van der Waals surface area (Å²) in [5.41, 5.74) is 8.55. The molecule has 1 aliphatic rings. The van der Waals surface area contributed by atoms with Gasteiger partial charge in [0.25, 0.3) is 0 Å². The van der Waals surface area contributed by atoms with E-state index in [1.54, 1.807) is 0 Å². The second-order valence-electron chi connectivity index (χ2n) is 4.84. The lowest BCUT2D eigenvalue weighted by atomic mass is 9.92. The number of nitrogens with zero attached hydrogens (tertiary/aromatic N) is 1. The molecule has 2 unspecified atom stereocenters. The third kappa shape index (κ3) is 2.57. The van der Waals surface area contributed by atoms with Crippen LogP contribution in [-0.4, -0.2) is 24.5 Å². The first-order valence-electron chi connectivity index (χ1n) is 5.79. The normalized spacial score (nSPS) is 27.0. The Bertz CT molecular complexity index is 358. The van der Waals surface area contributed by atoms with Crippen LogP contribution < -0.4 is 5.73 Å². The van der Waals surface area contributed by atoms with Crippen molar-refractivity contribution in [3.63, 3.8) is 0 Å². The predicted molar refractivity (Wildman–Crippen MR) is 68.8 cm³/mol. The van der Waals surface area contributed by atoms with Gasteiger partial charge in [0.2, 0.25) is 0 Å². The van der Waals surface area contributed by atoms with Gasteiger partial charge in [0.05, 0.1) is 0 Å². The molecule has 0 amide bonds. The standard InChI is InChI=1S/C13H19ClN2/c1-9-5-10(7-11(14)6-9)13-8-12(15)3-4-16(13)2/h5-7,12-13H,3-4,8,15H2,1-2H3. The molecular weight excluding hydrogens is 220 g/mol. The van der Waals surface area contributed by atoms with Crippen LogP contribution in [0.3, 0.4) is 0 Å². The largest absolute Gasteiger partial charge is 0.328 e. The molecule has 1 aromatic rings. The molecule has 0 aliphatic carbocycles. The highest BCUT2D eigenvalue weighted by Crippen LogP contribution is 2.31. The molecule has 1 aliphatic heterocycles. The van der Waals surface area contributed by atoms with E-state index in [1.807, 2.05) is 6.07 Å². The molecule has 0 saturated carbocycles. The Balaban J connectivity index is 2.27. The Labute approximate surface area is 102 Å². The lowest BCUT2D eigenvalue weighted by Gasteiger charge is -2.36. The zero-order valence-corrected chi connectivity index (χ0v) is 10.7. The van der Waals surface area contributed by atoms with Gasteiger partial charge >= 0.3 is 0 Å². The van der Waals surface area contributed by atoms with Crippen molar-refractivity contribution in [3.8, 4) is 0 Å². The number of nitrogens with two attached hydrogens (primary N) is 1. The number of halogens is 1. The Morgan fingerprint density at radius 3 is 2.81 bits per heavy atom. The number of rotatable bonds is 1. The van der Waals surface area contributed by atoms with Gasteiger partial charge < -0.3 is 5.73 Å². The zero-order valence-electron chi connectivity index (χ0n) is 9.91. The van der Waals surface area contributed by atoms with Gasteiger partial charge in [-0.1, -0.05) is 17.7 Å². The number of hydrogen-bond donors (Lipinski definition) is 1. The molecule has 0 bridgehead atoms. The molecule has 2 rings (SSSR count). The summed E-state index contributed by atoms with van der Waals surface area (Å²) in [7, 11) is 2.16. The van der Waals surface area contributed by atoms with Gasteiger partial charge in [-0.15, -0.1) is 0 Å². The van der Waals surface area contributed by atoms with Crippen LogP contribution in [0, 0.1) is 6.92 Å². The van der Waals surface area contributed by atoms with Crippen LogP contribution in [0.4, 0.5) is 0 Å². The van der Waals surface area contributed by atoms with Gasteiger partial charge in [0, 0.05) is 17.1 Å². The Morgan fingerprint density at radius 2 is 2.12 bits per heavy atom. The number of piperidine rings is 1. The molecule has 2 N–H and O–H groups in total. The number of hydrogen-bond acceptors (Lipinski definition) is 2. The number of likely N-dealkylation sites (tertiary alicyclic amines) is 1. The Kier molecular flexibility index (Phi) is 3.53. The van der Waals surface area contributed by atoms with Crippen molar-refractivity contribution < 1.29 is 0 Å². The fraction of sp³-hybridized carbons (Fsp3) is 0.538. The fourth-order valence-electron chi connectivity index (χ4n) is 2.46. The maximum Gasteiger partial charge on any atom is 0.0411 e. The number of aryl methyl sites for hydroxylation is 1. The second-order valence-corrected chi connectivity index (χ2v) is 5.28. The molecular formula is C13H19ClN2. The maximum atomic E-state index is 6.10. The van der Waals surface area contributed by atoms with Crippen molar-refractivity contribution in [2.24, 2.45) is 5.73 Å². The highest BCUT2D eigenvalue weighted by atomic mass is 35.5. The summed E-state index contributed by atoms with van der Waals surface area (Å²) in [5, 5.41) is 0.822. The van der Waals surface area contributed by atoms with Crippen LogP contribution in [0.25, 0.3) is 0 Å². The van der Waals surface area contributed by atoms with Crippen molar-refractivity contribution in [1.29, 1.82) is 0 Å². The van der Waals surface area contributed by atoms with Gasteiger partial charge in [0.1, 0.15) is 0 Å². The van der Waals surface area contributed by atoms with Crippen molar-refractivity contribution in [2.45, 2.75) is 31.8 Å². The molecule has 2 nitrogen and oxygen atoms in total. The molecule has 16 heavy (non-hydrogen) atoms. The predicted octanol–water partition coefficient (Wildman–Crippen LogP) is 2.74. The van der Waals surface area contributed by atoms with Gasteiger partial charge in [-0.2, -0.15) is 0 Å². The quantitative estimate of drug-likeness (QED) is 0.815. The van der Waals surface area contributed by atoms with E-state index in [1.165, 1.54) is 11.1 Å². The zero-order chi connectivity index (χ0) is 11.7. The molecule has 0 aromatic heterocycles. The molecule has 2 atom stereocenters. The summed E-state index contributed by atoms with van der Waals surface area (Å²) in [4.78, 5) is 2.37. The van der Waals surface area contributed by atoms with Crippen LogP contribution in [-0.2, 0) is 0 Å². The SMILES string of the molecule is Cc1cc(Cl)cc(C2CC(N)CCN2C)c1. The lowest BCUT2D eigenvalue weighted by Crippen LogP contribution is -2.39. The smallest absolute Gasteiger partial charge is 0.0411 e. The molecule has 1 fully saturated rings. The minimum Gasteiger partial charge on any atom is -0.328 e. The fourth-order valence-corrected chi connectivity index (χ4v) is 2.76. The summed E-state index contributed by atoms with van der Waals surface area (Å²) >= 11 is 6.10. The highest BCUT2D eigenvalue weighted by Gasteiger charge is 2.25. The summed E-state index contributed by atoms with van der Waals surface area (Å²) in [6, 6.07) is 7.01. The van der Waals surface area contributed by atoms with E-state index in [-0.39, 0.29) is 0 Å². The molecule has 88 valence electrons. The minimum atomic E-state index is 0.320. The first-order valence-corrected chi connectivity index (χ1v) is 6.17. The summed E-state index contributed by atoms with van der Waals surface area (Å²) in [6.07, 6.45) is 2.11. The van der Waals surface area contributed by atoms with E-state index >= 15 is 0 Å². The van der Waals surface area contributed by atoms with Crippen molar-refractivity contribution in [3.05, 3.63) is 34.3 Å². The van der Waals surface area contributed by atoms with Crippen LogP contribution in [0.1, 0.15) is 30.0 Å². The van der Waals surface area contributed by atoms with Crippen molar-refractivity contribution in [2.75, 3.05) is 13.6 Å². The topological polar surface area (TPSA) is 29.3 Å². The summed E-state index contributed by atoms with van der Waals surface area (Å²) < 4.78 is 0. The van der Waals surface area contributed by atoms with Crippen LogP contribution in [0.2, 0.25) is 5.02 Å². The Hall–Kier alpha value is -0.570. The Morgan fingerprint density at radius 1 is 1.38 bits per heavy atom. The average molecular weight is 239 g/mol. The van der Waals surface area contributed by atoms with Crippen molar-refractivity contribution >= 4 is 11.6 Å². The summed E-state index contributed by atoms with van der Waals surface area (Å²) in [6.45, 7) is 3.15. The van der Waals surface area contributed by atoms with Crippen LogP contribution >= 0.6 is 11.6 Å². The first kappa shape index (κ1) is 11.9. The molecule has 1 heterocycles. The van der Waals surface area contributed by atoms with Gasteiger partial charge in [-0.25, -0.2) is 0 Å². The molecule has 1 aromatic carbocycles. The van der Waals surface area contributed by atoms with E-state index in [9.17, 15) is 0 Å². The monoisotopic (exact) mass is 238 g/mol. The molecule has 1 saturated heterocycles. The minimum absolute atomic E-state index is 0.320. The highest BCUT2D eigenvalue weighted by molar-refractivity contribution is 6.30. The van der Waals surface area contributed by atoms with E-state index in [2.05, 4.69) is 31.0 Å². The molecule has 0 spiro atoms. The van der Waals surface area contributed by atoms with E-state index < -0.39 is 0 Å². The van der Waals surface area contributed by atoms with E-state index in [0.29, 0.717) is 12.1 Å².